The predicted molar refractivity (Wildman–Crippen MR) is 58.9 cm³/mol. The van der Waals surface area contributed by atoms with Gasteiger partial charge in [0.15, 0.2) is 0 Å². The summed E-state index contributed by atoms with van der Waals surface area (Å²) in [7, 11) is 0. The lowest BCUT2D eigenvalue weighted by molar-refractivity contribution is -0.111. The van der Waals surface area contributed by atoms with Gasteiger partial charge in [-0.15, -0.1) is 11.8 Å². The molecule has 1 aliphatic carbocycles. The molecule has 0 saturated heterocycles. The quantitative estimate of drug-likeness (QED) is 0.460. The van der Waals surface area contributed by atoms with Gasteiger partial charge in [-0.3, -0.25) is 0 Å². The summed E-state index contributed by atoms with van der Waals surface area (Å²) in [4.78, 5) is 10.7. The molecule has 1 nitrogen and oxygen atoms in total. The first-order valence-electron chi connectivity index (χ1n) is 5.84. The largest absolute Gasteiger partial charge is 0.303 e. The molecule has 1 atom stereocenters. The fourth-order valence-electron chi connectivity index (χ4n) is 1.88. The zero-order chi connectivity index (χ0) is 10.1. The summed E-state index contributed by atoms with van der Waals surface area (Å²) in [6.45, 7) is 0. The molecular weight excluding hydrogens is 172 g/mol. The molecular formula is C13H20O. The van der Waals surface area contributed by atoms with Crippen molar-refractivity contribution in [2.45, 2.75) is 57.8 Å². The van der Waals surface area contributed by atoms with E-state index in [1.54, 1.807) is 0 Å². The van der Waals surface area contributed by atoms with Crippen molar-refractivity contribution in [3.63, 3.8) is 0 Å². The fourth-order valence-corrected chi connectivity index (χ4v) is 1.88. The number of rotatable bonds is 1. The molecule has 1 unspecified atom stereocenters. The van der Waals surface area contributed by atoms with Crippen molar-refractivity contribution in [3.8, 4) is 11.8 Å². The Morgan fingerprint density at radius 3 is 2.29 bits per heavy atom. The van der Waals surface area contributed by atoms with Crippen molar-refractivity contribution >= 4 is 6.29 Å². The zero-order valence-electron chi connectivity index (χ0n) is 8.93. The normalized spacial score (nSPS) is 25.0. The van der Waals surface area contributed by atoms with Crippen LogP contribution in [0.15, 0.2) is 0 Å². The average molecular weight is 192 g/mol. The highest BCUT2D eigenvalue weighted by molar-refractivity contribution is 5.53. The van der Waals surface area contributed by atoms with E-state index in [9.17, 15) is 4.79 Å². The monoisotopic (exact) mass is 192 g/mol. The maximum absolute atomic E-state index is 10.7. The highest BCUT2D eigenvalue weighted by atomic mass is 16.1. The van der Waals surface area contributed by atoms with E-state index in [1.165, 1.54) is 25.7 Å². The third-order valence-corrected chi connectivity index (χ3v) is 2.82. The molecule has 0 spiro atoms. The Morgan fingerprint density at radius 2 is 1.50 bits per heavy atom. The van der Waals surface area contributed by atoms with Crippen LogP contribution in [0.2, 0.25) is 0 Å². The molecule has 0 heterocycles. The molecule has 14 heavy (non-hydrogen) atoms. The molecule has 0 amide bonds. The van der Waals surface area contributed by atoms with Gasteiger partial charge < -0.3 is 4.79 Å². The second kappa shape index (κ2) is 7.62. The lowest BCUT2D eigenvalue weighted by atomic mass is 9.96. The molecule has 1 heteroatoms. The fraction of sp³-hybridized carbons (Fsp3) is 0.769. The van der Waals surface area contributed by atoms with Crippen LogP contribution in [-0.2, 0) is 4.79 Å². The number of carbonyl (C=O) groups is 1. The molecule has 1 aliphatic rings. The van der Waals surface area contributed by atoms with E-state index in [2.05, 4.69) is 11.8 Å². The number of aldehydes is 1. The van der Waals surface area contributed by atoms with Crippen LogP contribution < -0.4 is 0 Å². The van der Waals surface area contributed by atoms with Gasteiger partial charge in [-0.1, -0.05) is 19.3 Å². The van der Waals surface area contributed by atoms with Crippen LogP contribution in [0.25, 0.3) is 0 Å². The Hall–Kier alpha value is -0.770. The summed E-state index contributed by atoms with van der Waals surface area (Å²) in [6, 6.07) is 0. The minimum absolute atomic E-state index is 0.302. The van der Waals surface area contributed by atoms with Crippen LogP contribution in [0, 0.1) is 17.8 Å². The van der Waals surface area contributed by atoms with Crippen LogP contribution in [0.3, 0.4) is 0 Å². The molecule has 0 radical (unpaired) electrons. The minimum atomic E-state index is 0.302. The van der Waals surface area contributed by atoms with Crippen LogP contribution in [0.4, 0.5) is 0 Å². The Bertz CT molecular complexity index is 209. The molecule has 0 aromatic heterocycles. The summed E-state index contributed by atoms with van der Waals surface area (Å²) in [5, 5.41) is 0. The van der Waals surface area contributed by atoms with Gasteiger partial charge in [0.05, 0.1) is 0 Å². The molecule has 0 saturated carbocycles. The van der Waals surface area contributed by atoms with Crippen molar-refractivity contribution in [1.82, 2.24) is 0 Å². The molecule has 0 bridgehead atoms. The van der Waals surface area contributed by atoms with E-state index in [0.717, 1.165) is 38.4 Å². The van der Waals surface area contributed by atoms with E-state index >= 15 is 0 Å². The summed E-state index contributed by atoms with van der Waals surface area (Å²) in [5.74, 6) is 6.68. The maximum atomic E-state index is 10.7. The first kappa shape index (κ1) is 11.3. The number of carbonyl (C=O) groups excluding carboxylic acids is 1. The highest BCUT2D eigenvalue weighted by Crippen LogP contribution is 2.16. The van der Waals surface area contributed by atoms with Crippen molar-refractivity contribution in [1.29, 1.82) is 0 Å². The molecule has 78 valence electrons. The first-order valence-corrected chi connectivity index (χ1v) is 5.84. The SMILES string of the molecule is O=CC1CCCC#CCCCCCC1. The third kappa shape index (κ3) is 5.07. The second-order valence-electron chi connectivity index (χ2n) is 4.09. The lowest BCUT2D eigenvalue weighted by Gasteiger charge is -2.09. The van der Waals surface area contributed by atoms with Gasteiger partial charge in [0.25, 0.3) is 0 Å². The molecule has 0 aromatic rings. The van der Waals surface area contributed by atoms with Gasteiger partial charge in [-0.2, -0.15) is 0 Å². The maximum Gasteiger partial charge on any atom is 0.123 e. The molecule has 0 aromatic carbocycles. The van der Waals surface area contributed by atoms with Crippen LogP contribution in [0.1, 0.15) is 57.8 Å². The van der Waals surface area contributed by atoms with Gasteiger partial charge in [0.2, 0.25) is 0 Å². The van der Waals surface area contributed by atoms with Gasteiger partial charge in [0, 0.05) is 18.8 Å². The standard InChI is InChI=1S/C13H20O/c14-12-13-10-8-6-4-2-1-3-5-7-9-11-13/h12-13H,1-2,4,6-11H2. The van der Waals surface area contributed by atoms with Gasteiger partial charge in [0.1, 0.15) is 6.29 Å². The van der Waals surface area contributed by atoms with Crippen LogP contribution in [-0.4, -0.2) is 6.29 Å². The van der Waals surface area contributed by atoms with E-state index in [-0.39, 0.29) is 0 Å². The van der Waals surface area contributed by atoms with E-state index in [0.29, 0.717) is 5.92 Å². The zero-order valence-corrected chi connectivity index (χ0v) is 8.93. The van der Waals surface area contributed by atoms with Gasteiger partial charge in [-0.05, 0) is 25.7 Å². The van der Waals surface area contributed by atoms with Crippen molar-refractivity contribution in [2.75, 3.05) is 0 Å². The smallest absolute Gasteiger partial charge is 0.123 e. The molecule has 0 fully saturated rings. The molecule has 0 aliphatic heterocycles. The average Bonchev–Trinajstić information content (AvgIpc) is 2.19. The molecule has 1 rings (SSSR count). The van der Waals surface area contributed by atoms with Crippen LogP contribution in [0.5, 0.6) is 0 Å². The van der Waals surface area contributed by atoms with Crippen molar-refractivity contribution in [3.05, 3.63) is 0 Å². The van der Waals surface area contributed by atoms with E-state index in [1.807, 2.05) is 0 Å². The third-order valence-electron chi connectivity index (χ3n) is 2.82. The first-order chi connectivity index (χ1) is 6.93. The van der Waals surface area contributed by atoms with Gasteiger partial charge >= 0.3 is 0 Å². The second-order valence-corrected chi connectivity index (χ2v) is 4.09. The Balaban J connectivity index is 2.32. The summed E-state index contributed by atoms with van der Waals surface area (Å²) in [5.41, 5.74) is 0. The number of hydrogen-bond donors (Lipinski definition) is 0. The Kier molecular flexibility index (Phi) is 6.15. The van der Waals surface area contributed by atoms with Gasteiger partial charge in [-0.25, -0.2) is 0 Å². The number of hydrogen-bond acceptors (Lipinski definition) is 1. The van der Waals surface area contributed by atoms with E-state index in [4.69, 9.17) is 0 Å². The van der Waals surface area contributed by atoms with E-state index < -0.39 is 0 Å². The highest BCUT2D eigenvalue weighted by Gasteiger charge is 2.06. The summed E-state index contributed by atoms with van der Waals surface area (Å²) < 4.78 is 0. The summed E-state index contributed by atoms with van der Waals surface area (Å²) in [6.07, 6.45) is 11.4. The Morgan fingerprint density at radius 1 is 0.857 bits per heavy atom. The Labute approximate surface area is 87.3 Å². The van der Waals surface area contributed by atoms with Crippen LogP contribution >= 0.6 is 0 Å². The lowest BCUT2D eigenvalue weighted by Crippen LogP contribution is -2.02. The van der Waals surface area contributed by atoms with Crippen molar-refractivity contribution < 1.29 is 4.79 Å². The topological polar surface area (TPSA) is 17.1 Å². The van der Waals surface area contributed by atoms with Crippen molar-refractivity contribution in [2.24, 2.45) is 5.92 Å². The summed E-state index contributed by atoms with van der Waals surface area (Å²) >= 11 is 0. The predicted octanol–water partition coefficient (Wildman–Crippen LogP) is 3.33. The minimum Gasteiger partial charge on any atom is -0.303 e. The molecule has 0 N–H and O–H groups in total.